The maximum atomic E-state index is 5.33. The van der Waals surface area contributed by atoms with Crippen molar-refractivity contribution in [3.8, 4) is 5.75 Å². The molecular weight excluding hydrogens is 179 g/mol. The number of hydrogen-bond donors (Lipinski definition) is 0. The Hall–Kier alpha value is -0.260. The van der Waals surface area contributed by atoms with Crippen molar-refractivity contribution in [1.29, 1.82) is 0 Å². The normalized spacial score (nSPS) is 8.45. The van der Waals surface area contributed by atoms with Gasteiger partial charge in [0.2, 0.25) is 0 Å². The molecule has 1 rings (SSSR count). The van der Waals surface area contributed by atoms with E-state index in [0.717, 1.165) is 18.5 Å². The molecule has 1 nitrogen and oxygen atoms in total. The van der Waals surface area contributed by atoms with Crippen LogP contribution in [0.4, 0.5) is 0 Å². The molecule has 1 atom stereocenters. The molecule has 0 bridgehead atoms. The number of benzene rings is 1. The molecule has 0 amide bonds. The molecule has 1 aromatic rings. The number of para-hydroxylation sites is 1. The van der Waals surface area contributed by atoms with Crippen LogP contribution in [-0.4, -0.2) is 12.8 Å². The monoisotopic (exact) mass is 190 g/mol. The first-order valence-corrected chi connectivity index (χ1v) is 4.13. The second-order valence-corrected chi connectivity index (χ2v) is 2.53. The summed E-state index contributed by atoms with van der Waals surface area (Å²) < 4.78 is 5.33. The lowest BCUT2D eigenvalue weighted by molar-refractivity contribution is 0.344. The van der Waals surface area contributed by atoms with E-state index < -0.39 is 0 Å². The van der Waals surface area contributed by atoms with E-state index in [1.165, 1.54) is 0 Å². The van der Waals surface area contributed by atoms with E-state index in [9.17, 15) is 0 Å². The van der Waals surface area contributed by atoms with E-state index in [-0.39, 0.29) is 12.4 Å². The Morgan fingerprint density at radius 3 is 2.36 bits per heavy atom. The molecule has 62 valence electrons. The highest BCUT2D eigenvalue weighted by Crippen LogP contribution is 2.07. The van der Waals surface area contributed by atoms with Gasteiger partial charge in [0.25, 0.3) is 0 Å². The maximum Gasteiger partial charge on any atom is 0.119 e. The van der Waals surface area contributed by atoms with E-state index in [0.29, 0.717) is 0 Å². The van der Waals surface area contributed by atoms with Crippen LogP contribution in [-0.2, 0) is 0 Å². The molecule has 0 saturated heterocycles. The third-order valence-corrected chi connectivity index (χ3v) is 1.37. The lowest BCUT2D eigenvalue weighted by Gasteiger charge is -2.01. The van der Waals surface area contributed by atoms with Gasteiger partial charge in [-0.1, -0.05) is 18.2 Å². The molecule has 0 aliphatic carbocycles. The van der Waals surface area contributed by atoms with Crippen molar-refractivity contribution in [1.82, 2.24) is 0 Å². The Morgan fingerprint density at radius 2 is 1.82 bits per heavy atom. The third-order valence-electron chi connectivity index (χ3n) is 1.13. The maximum absolute atomic E-state index is 5.33. The summed E-state index contributed by atoms with van der Waals surface area (Å²) in [6, 6.07) is 9.84. The standard InChI is InChI=1S/C8H11OP.ClH/c10-7-6-9-8-4-2-1-3-5-8;/h1-5H,6-7,10H2;1H. The van der Waals surface area contributed by atoms with Gasteiger partial charge in [-0.3, -0.25) is 0 Å². The minimum absolute atomic E-state index is 0. The molecule has 0 aliphatic rings. The first kappa shape index (κ1) is 10.7. The number of ether oxygens (including phenoxy) is 1. The smallest absolute Gasteiger partial charge is 0.119 e. The predicted octanol–water partition coefficient (Wildman–Crippen LogP) is 2.36. The quantitative estimate of drug-likeness (QED) is 0.665. The van der Waals surface area contributed by atoms with E-state index in [2.05, 4.69) is 9.24 Å². The molecule has 0 saturated carbocycles. The average molecular weight is 191 g/mol. The molecule has 0 radical (unpaired) electrons. The van der Waals surface area contributed by atoms with Crippen molar-refractivity contribution < 1.29 is 4.74 Å². The fraction of sp³-hybridized carbons (Fsp3) is 0.250. The van der Waals surface area contributed by atoms with Crippen molar-refractivity contribution >= 4 is 21.6 Å². The van der Waals surface area contributed by atoms with Gasteiger partial charge < -0.3 is 4.74 Å². The molecule has 0 spiro atoms. The zero-order valence-corrected chi connectivity index (χ0v) is 8.17. The van der Waals surface area contributed by atoms with Gasteiger partial charge in [-0.2, -0.15) is 0 Å². The van der Waals surface area contributed by atoms with E-state index in [4.69, 9.17) is 4.74 Å². The molecule has 0 fully saturated rings. The lowest BCUT2D eigenvalue weighted by Crippen LogP contribution is -1.96. The number of halogens is 1. The first-order valence-electron chi connectivity index (χ1n) is 3.31. The molecule has 0 heterocycles. The molecular formula is C8H12ClOP. The van der Waals surface area contributed by atoms with Crippen LogP contribution in [0.5, 0.6) is 5.75 Å². The zero-order chi connectivity index (χ0) is 7.23. The predicted molar refractivity (Wildman–Crippen MR) is 53.8 cm³/mol. The van der Waals surface area contributed by atoms with Crippen LogP contribution < -0.4 is 4.74 Å². The van der Waals surface area contributed by atoms with Gasteiger partial charge in [0.05, 0.1) is 6.61 Å². The summed E-state index contributed by atoms with van der Waals surface area (Å²) in [5, 5.41) is 0. The highest BCUT2D eigenvalue weighted by molar-refractivity contribution is 7.16. The topological polar surface area (TPSA) is 9.23 Å². The van der Waals surface area contributed by atoms with Gasteiger partial charge in [-0.15, -0.1) is 21.6 Å². The van der Waals surface area contributed by atoms with Gasteiger partial charge in [-0.25, -0.2) is 0 Å². The molecule has 0 aliphatic heterocycles. The third kappa shape index (κ3) is 4.23. The number of hydrogen-bond acceptors (Lipinski definition) is 1. The van der Waals surface area contributed by atoms with E-state index >= 15 is 0 Å². The Morgan fingerprint density at radius 1 is 1.18 bits per heavy atom. The molecule has 1 aromatic carbocycles. The van der Waals surface area contributed by atoms with Crippen LogP contribution in [0.2, 0.25) is 0 Å². The SMILES string of the molecule is Cl.PCCOc1ccccc1. The summed E-state index contributed by atoms with van der Waals surface area (Å²) in [5.41, 5.74) is 0. The fourth-order valence-electron chi connectivity index (χ4n) is 0.693. The molecule has 3 heteroatoms. The minimum atomic E-state index is 0. The van der Waals surface area contributed by atoms with Gasteiger partial charge in [-0.05, 0) is 18.3 Å². The highest BCUT2D eigenvalue weighted by Gasteiger charge is 1.86. The summed E-state index contributed by atoms with van der Waals surface area (Å²) in [6.45, 7) is 0.773. The first-order chi connectivity index (χ1) is 4.93. The average Bonchev–Trinajstić information content (AvgIpc) is 2.03. The second-order valence-electron chi connectivity index (χ2n) is 1.95. The Kier molecular flexibility index (Phi) is 6.30. The Labute approximate surface area is 75.8 Å². The van der Waals surface area contributed by atoms with Crippen LogP contribution in [0, 0.1) is 0 Å². The molecule has 0 aromatic heterocycles. The Bertz CT molecular complexity index is 179. The van der Waals surface area contributed by atoms with Crippen LogP contribution >= 0.6 is 21.6 Å². The lowest BCUT2D eigenvalue weighted by atomic mass is 10.3. The van der Waals surface area contributed by atoms with Crippen LogP contribution in [0.1, 0.15) is 0 Å². The molecule has 11 heavy (non-hydrogen) atoms. The van der Waals surface area contributed by atoms with Crippen LogP contribution in [0.3, 0.4) is 0 Å². The summed E-state index contributed by atoms with van der Waals surface area (Å²) in [6.07, 6.45) is 0.981. The second kappa shape index (κ2) is 6.45. The van der Waals surface area contributed by atoms with Crippen molar-refractivity contribution in [2.75, 3.05) is 12.8 Å². The fourth-order valence-corrected chi connectivity index (χ4v) is 0.811. The number of rotatable bonds is 3. The van der Waals surface area contributed by atoms with Crippen molar-refractivity contribution in [3.05, 3.63) is 30.3 Å². The van der Waals surface area contributed by atoms with Crippen molar-refractivity contribution in [2.45, 2.75) is 0 Å². The van der Waals surface area contributed by atoms with Gasteiger partial charge >= 0.3 is 0 Å². The zero-order valence-electron chi connectivity index (χ0n) is 6.19. The highest BCUT2D eigenvalue weighted by atomic mass is 35.5. The summed E-state index contributed by atoms with van der Waals surface area (Å²) >= 11 is 0. The summed E-state index contributed by atoms with van der Waals surface area (Å²) in [4.78, 5) is 0. The van der Waals surface area contributed by atoms with Crippen molar-refractivity contribution in [2.24, 2.45) is 0 Å². The molecule has 1 unspecified atom stereocenters. The molecule has 0 N–H and O–H groups in total. The van der Waals surface area contributed by atoms with Crippen LogP contribution in [0.15, 0.2) is 30.3 Å². The largest absolute Gasteiger partial charge is 0.493 e. The Balaban J connectivity index is 0.000001000. The van der Waals surface area contributed by atoms with Crippen LogP contribution in [0.25, 0.3) is 0 Å². The van der Waals surface area contributed by atoms with E-state index in [1.807, 2.05) is 30.3 Å². The minimum Gasteiger partial charge on any atom is -0.493 e. The van der Waals surface area contributed by atoms with E-state index in [1.54, 1.807) is 0 Å². The van der Waals surface area contributed by atoms with Crippen molar-refractivity contribution in [3.63, 3.8) is 0 Å². The summed E-state index contributed by atoms with van der Waals surface area (Å²) in [5.74, 6) is 0.949. The summed E-state index contributed by atoms with van der Waals surface area (Å²) in [7, 11) is 2.63. The van der Waals surface area contributed by atoms with Gasteiger partial charge in [0.1, 0.15) is 5.75 Å². The van der Waals surface area contributed by atoms with Gasteiger partial charge in [0.15, 0.2) is 0 Å². The van der Waals surface area contributed by atoms with Gasteiger partial charge in [0, 0.05) is 0 Å².